The van der Waals surface area contributed by atoms with Gasteiger partial charge < -0.3 is 9.15 Å². The van der Waals surface area contributed by atoms with Crippen molar-refractivity contribution in [1.82, 2.24) is 4.98 Å². The molecule has 0 amide bonds. The minimum Gasteiger partial charge on any atom is -0.461 e. The number of aryl methyl sites for hydroxylation is 1. The van der Waals surface area contributed by atoms with Crippen molar-refractivity contribution in [1.29, 1.82) is 0 Å². The maximum atomic E-state index is 11.5. The summed E-state index contributed by atoms with van der Waals surface area (Å²) in [7, 11) is 1.84. The van der Waals surface area contributed by atoms with Crippen LogP contribution in [0.1, 0.15) is 29.9 Å². The first kappa shape index (κ1) is 14.1. The van der Waals surface area contributed by atoms with Gasteiger partial charge in [0.15, 0.2) is 5.69 Å². The largest absolute Gasteiger partial charge is 0.461 e. The molecule has 0 saturated heterocycles. The van der Waals surface area contributed by atoms with E-state index in [0.717, 1.165) is 12.1 Å². The second-order valence-corrected chi connectivity index (χ2v) is 4.31. The first-order valence-corrected chi connectivity index (χ1v) is 6.61. The molecule has 2 rings (SSSR count). The molecule has 5 heteroatoms. The number of benzene rings is 1. The predicted molar refractivity (Wildman–Crippen MR) is 76.3 cm³/mol. The first-order chi connectivity index (χ1) is 9.65. The molecular formula is C15H18N2O3. The number of carbonyl (C=O) groups excluding carboxylic acids is 1. The monoisotopic (exact) mass is 274 g/mol. The minimum atomic E-state index is -0.475. The van der Waals surface area contributed by atoms with Gasteiger partial charge in [-0.15, -0.1) is 0 Å². The van der Waals surface area contributed by atoms with Crippen molar-refractivity contribution >= 4 is 17.7 Å². The summed E-state index contributed by atoms with van der Waals surface area (Å²) in [5.74, 6) is -0.475. The third-order valence-corrected chi connectivity index (χ3v) is 3.00. The number of hydrogen-bond donors (Lipinski definition) is 0. The van der Waals surface area contributed by atoms with Gasteiger partial charge in [-0.25, -0.2) is 4.79 Å². The Balaban J connectivity index is 2.16. The second kappa shape index (κ2) is 6.23. The van der Waals surface area contributed by atoms with Gasteiger partial charge in [0.25, 0.3) is 0 Å². The Kier molecular flexibility index (Phi) is 4.40. The van der Waals surface area contributed by atoms with Crippen LogP contribution in [-0.4, -0.2) is 24.6 Å². The van der Waals surface area contributed by atoms with Crippen LogP contribution in [0.5, 0.6) is 0 Å². The van der Waals surface area contributed by atoms with E-state index in [9.17, 15) is 4.79 Å². The summed E-state index contributed by atoms with van der Waals surface area (Å²) in [4.78, 5) is 17.4. The van der Waals surface area contributed by atoms with E-state index >= 15 is 0 Å². The fraction of sp³-hybridized carbons (Fsp3) is 0.333. The Bertz CT molecular complexity index is 575. The molecule has 1 heterocycles. The molecule has 0 aliphatic rings. The highest BCUT2D eigenvalue weighted by Gasteiger charge is 2.16. The Morgan fingerprint density at radius 2 is 2.00 bits per heavy atom. The summed E-state index contributed by atoms with van der Waals surface area (Å²) in [6.07, 6.45) is 2.31. The normalized spacial score (nSPS) is 10.3. The lowest BCUT2D eigenvalue weighted by molar-refractivity contribution is 0.0519. The maximum absolute atomic E-state index is 11.5. The maximum Gasteiger partial charge on any atom is 0.360 e. The van der Waals surface area contributed by atoms with Gasteiger partial charge in [-0.3, -0.25) is 4.90 Å². The van der Waals surface area contributed by atoms with E-state index in [4.69, 9.17) is 9.15 Å². The molecule has 0 aliphatic carbocycles. The number of rotatable bonds is 5. The molecule has 0 unspecified atom stereocenters. The number of ether oxygens (including phenoxy) is 1. The van der Waals surface area contributed by atoms with Crippen LogP contribution in [0, 0.1) is 0 Å². The zero-order valence-electron chi connectivity index (χ0n) is 11.9. The summed E-state index contributed by atoms with van der Waals surface area (Å²) in [6.45, 7) is 4.17. The van der Waals surface area contributed by atoms with Crippen molar-refractivity contribution < 1.29 is 13.9 Å². The number of aromatic nitrogens is 1. The number of carbonyl (C=O) groups is 1. The van der Waals surface area contributed by atoms with Crippen LogP contribution in [0.2, 0.25) is 0 Å². The third-order valence-electron chi connectivity index (χ3n) is 3.00. The molecule has 20 heavy (non-hydrogen) atoms. The van der Waals surface area contributed by atoms with Crippen molar-refractivity contribution in [2.75, 3.05) is 18.6 Å². The van der Waals surface area contributed by atoms with Gasteiger partial charge >= 0.3 is 12.0 Å². The highest BCUT2D eigenvalue weighted by atomic mass is 16.5. The topological polar surface area (TPSA) is 55.6 Å². The number of hydrogen-bond acceptors (Lipinski definition) is 5. The molecular weight excluding hydrogens is 256 g/mol. The zero-order chi connectivity index (χ0) is 14.5. The van der Waals surface area contributed by atoms with Crippen LogP contribution in [0.25, 0.3) is 0 Å². The highest BCUT2D eigenvalue weighted by molar-refractivity contribution is 5.87. The molecule has 1 aromatic carbocycles. The Morgan fingerprint density at radius 3 is 2.60 bits per heavy atom. The summed E-state index contributed by atoms with van der Waals surface area (Å²) in [5.41, 5.74) is 2.39. The summed E-state index contributed by atoms with van der Waals surface area (Å²) < 4.78 is 10.2. The molecule has 0 fully saturated rings. The van der Waals surface area contributed by atoms with Crippen molar-refractivity contribution in [2.24, 2.45) is 0 Å². The molecule has 0 bridgehead atoms. The fourth-order valence-electron chi connectivity index (χ4n) is 1.78. The molecule has 1 aromatic heterocycles. The van der Waals surface area contributed by atoms with Gasteiger partial charge in [-0.2, -0.15) is 4.98 Å². The molecule has 0 N–H and O–H groups in total. The standard InChI is InChI=1S/C15H18N2O3/c1-4-11-6-8-12(9-7-11)17(3)15-16-13(10-20-15)14(18)19-5-2/h6-10H,4-5H2,1-3H3. The second-order valence-electron chi connectivity index (χ2n) is 4.31. The van der Waals surface area contributed by atoms with E-state index in [1.165, 1.54) is 11.8 Å². The minimum absolute atomic E-state index is 0.180. The average Bonchev–Trinajstić information content (AvgIpc) is 2.97. The molecule has 106 valence electrons. The van der Waals surface area contributed by atoms with Crippen molar-refractivity contribution in [2.45, 2.75) is 20.3 Å². The van der Waals surface area contributed by atoms with Crippen LogP contribution in [0.4, 0.5) is 11.7 Å². The van der Waals surface area contributed by atoms with Crippen LogP contribution < -0.4 is 4.90 Å². The average molecular weight is 274 g/mol. The molecule has 0 aliphatic heterocycles. The zero-order valence-corrected chi connectivity index (χ0v) is 11.9. The predicted octanol–water partition coefficient (Wildman–Crippen LogP) is 3.18. The van der Waals surface area contributed by atoms with Gasteiger partial charge in [0.05, 0.1) is 6.61 Å². The van der Waals surface area contributed by atoms with E-state index in [0.29, 0.717) is 12.6 Å². The summed E-state index contributed by atoms with van der Waals surface area (Å²) in [6, 6.07) is 8.46. The van der Waals surface area contributed by atoms with E-state index < -0.39 is 5.97 Å². The first-order valence-electron chi connectivity index (χ1n) is 6.61. The SMILES string of the molecule is CCOC(=O)c1coc(N(C)c2ccc(CC)cc2)n1. The number of anilines is 2. The molecule has 5 nitrogen and oxygen atoms in total. The lowest BCUT2D eigenvalue weighted by Crippen LogP contribution is -2.11. The fourth-order valence-corrected chi connectivity index (χ4v) is 1.78. The lowest BCUT2D eigenvalue weighted by atomic mass is 10.1. The van der Waals surface area contributed by atoms with Gasteiger partial charge in [-0.1, -0.05) is 19.1 Å². The van der Waals surface area contributed by atoms with Gasteiger partial charge in [0.2, 0.25) is 0 Å². The van der Waals surface area contributed by atoms with Crippen LogP contribution in [-0.2, 0) is 11.2 Å². The quantitative estimate of drug-likeness (QED) is 0.784. The third kappa shape index (κ3) is 2.99. The van der Waals surface area contributed by atoms with E-state index in [2.05, 4.69) is 24.0 Å². The number of oxazole rings is 1. The molecule has 2 aromatic rings. The van der Waals surface area contributed by atoms with Crippen molar-refractivity contribution in [3.63, 3.8) is 0 Å². The van der Waals surface area contributed by atoms with E-state index in [-0.39, 0.29) is 5.69 Å². The molecule has 0 saturated carbocycles. The Labute approximate surface area is 118 Å². The van der Waals surface area contributed by atoms with Crippen LogP contribution in [0.3, 0.4) is 0 Å². The molecule has 0 atom stereocenters. The van der Waals surface area contributed by atoms with Crippen LogP contribution in [0.15, 0.2) is 34.9 Å². The lowest BCUT2D eigenvalue weighted by Gasteiger charge is -2.14. The van der Waals surface area contributed by atoms with E-state index in [1.54, 1.807) is 11.8 Å². The highest BCUT2D eigenvalue weighted by Crippen LogP contribution is 2.23. The summed E-state index contributed by atoms with van der Waals surface area (Å²) >= 11 is 0. The van der Waals surface area contributed by atoms with Gasteiger partial charge in [-0.05, 0) is 31.0 Å². The van der Waals surface area contributed by atoms with Gasteiger partial charge in [0.1, 0.15) is 6.26 Å². The Morgan fingerprint density at radius 1 is 1.30 bits per heavy atom. The van der Waals surface area contributed by atoms with Crippen molar-refractivity contribution in [3.05, 3.63) is 41.8 Å². The molecule has 0 radical (unpaired) electrons. The van der Waals surface area contributed by atoms with E-state index in [1.807, 2.05) is 19.2 Å². The summed E-state index contributed by atoms with van der Waals surface area (Å²) in [5, 5.41) is 0. The van der Waals surface area contributed by atoms with Gasteiger partial charge in [0, 0.05) is 12.7 Å². The smallest absolute Gasteiger partial charge is 0.360 e. The number of nitrogens with zero attached hydrogens (tertiary/aromatic N) is 2. The van der Waals surface area contributed by atoms with Crippen LogP contribution >= 0.6 is 0 Å². The van der Waals surface area contributed by atoms with Crippen molar-refractivity contribution in [3.8, 4) is 0 Å². The molecule has 0 spiro atoms. The Hall–Kier alpha value is -2.30. The number of esters is 1.